The van der Waals surface area contributed by atoms with Crippen molar-refractivity contribution in [3.8, 4) is 0 Å². The lowest BCUT2D eigenvalue weighted by molar-refractivity contribution is -0.143. The fourth-order valence-electron chi connectivity index (χ4n) is 10.2. The summed E-state index contributed by atoms with van der Waals surface area (Å²) in [6, 6.07) is -0.635. The standard InChI is InChI=1S/C70H129NO5/c1-3-5-7-9-11-13-15-17-19-20-21-22-23-25-28-31-35-38-42-46-50-54-58-62-68(73)67(66-72)71-69(74)63-59-55-51-47-43-39-36-32-29-26-24-27-30-33-37-41-45-49-53-57-61-65-76-70(75)64-60-56-52-48-44-40-34-18-16-14-12-10-8-6-4-2/h12,14,18,34,41,45,53,57-58,62,67-68,72-73H,3-11,13,15-17,19-33,35-40,42-44,46-52,54-56,59-61,63-66H2,1-2H3,(H,71,74)/b14-12-,34-18-,45-41-,57-53-,62-58+. The van der Waals surface area contributed by atoms with Gasteiger partial charge in [0, 0.05) is 12.8 Å². The Labute approximate surface area is 473 Å². The molecule has 6 nitrogen and oxygen atoms in total. The van der Waals surface area contributed by atoms with E-state index in [0.717, 1.165) is 64.2 Å². The van der Waals surface area contributed by atoms with Crippen molar-refractivity contribution in [2.24, 2.45) is 0 Å². The van der Waals surface area contributed by atoms with Gasteiger partial charge in [-0.3, -0.25) is 9.59 Å². The average Bonchev–Trinajstić information content (AvgIpc) is 3.42. The molecule has 0 bridgehead atoms. The highest BCUT2D eigenvalue weighted by Gasteiger charge is 2.18. The van der Waals surface area contributed by atoms with E-state index < -0.39 is 12.1 Å². The zero-order valence-corrected chi connectivity index (χ0v) is 50.7. The van der Waals surface area contributed by atoms with E-state index in [4.69, 9.17) is 4.74 Å². The molecule has 0 spiro atoms. The Balaban J connectivity index is 3.49. The maximum atomic E-state index is 12.5. The largest absolute Gasteiger partial charge is 0.465 e. The molecular formula is C70H129NO5. The van der Waals surface area contributed by atoms with E-state index in [1.807, 2.05) is 6.08 Å². The number of ether oxygens (including phenoxy) is 1. The minimum absolute atomic E-state index is 0.0500. The molecule has 3 N–H and O–H groups in total. The quantitative estimate of drug-likeness (QED) is 0.0320. The van der Waals surface area contributed by atoms with Crippen LogP contribution in [0.25, 0.3) is 0 Å². The number of carbonyl (C=O) groups is 2. The molecule has 0 radical (unpaired) electrons. The second kappa shape index (κ2) is 65.1. The topological polar surface area (TPSA) is 95.9 Å². The van der Waals surface area contributed by atoms with Crippen molar-refractivity contribution in [1.82, 2.24) is 5.32 Å². The molecule has 0 aliphatic heterocycles. The Morgan fingerprint density at radius 3 is 1.03 bits per heavy atom. The molecule has 6 heteroatoms. The zero-order valence-electron chi connectivity index (χ0n) is 50.7. The predicted molar refractivity (Wildman–Crippen MR) is 333 cm³/mol. The van der Waals surface area contributed by atoms with E-state index in [1.165, 1.54) is 257 Å². The molecule has 2 atom stereocenters. The van der Waals surface area contributed by atoms with Crippen LogP contribution in [0.2, 0.25) is 0 Å². The van der Waals surface area contributed by atoms with Crippen LogP contribution in [0.3, 0.4) is 0 Å². The normalized spacial score (nSPS) is 12.9. The summed E-state index contributed by atoms with van der Waals surface area (Å²) in [5.74, 6) is -0.121. The van der Waals surface area contributed by atoms with Crippen LogP contribution in [0.15, 0.2) is 60.8 Å². The summed E-state index contributed by atoms with van der Waals surface area (Å²) in [6.45, 7) is 4.78. The fraction of sp³-hybridized carbons (Fsp3) is 0.829. The van der Waals surface area contributed by atoms with Crippen molar-refractivity contribution in [2.45, 2.75) is 360 Å². The Morgan fingerprint density at radius 2 is 0.658 bits per heavy atom. The van der Waals surface area contributed by atoms with Gasteiger partial charge in [-0.25, -0.2) is 0 Å². The number of esters is 1. The van der Waals surface area contributed by atoms with Gasteiger partial charge in [0.1, 0.15) is 0 Å². The summed E-state index contributed by atoms with van der Waals surface area (Å²) in [6.07, 6.45) is 85.8. The Kier molecular flexibility index (Phi) is 63.0. The molecule has 0 aliphatic carbocycles. The average molecular weight is 1060 g/mol. The summed E-state index contributed by atoms with van der Waals surface area (Å²) in [4.78, 5) is 24.5. The van der Waals surface area contributed by atoms with Crippen molar-refractivity contribution in [1.29, 1.82) is 0 Å². The van der Waals surface area contributed by atoms with Gasteiger partial charge in [-0.15, -0.1) is 0 Å². The minimum Gasteiger partial charge on any atom is -0.465 e. The van der Waals surface area contributed by atoms with Crippen LogP contribution in [-0.4, -0.2) is 47.4 Å². The Morgan fingerprint density at radius 1 is 0.368 bits per heavy atom. The fourth-order valence-corrected chi connectivity index (χ4v) is 10.2. The van der Waals surface area contributed by atoms with Crippen LogP contribution in [-0.2, 0) is 14.3 Å². The van der Waals surface area contributed by atoms with E-state index in [2.05, 4.69) is 67.8 Å². The van der Waals surface area contributed by atoms with Gasteiger partial charge >= 0.3 is 5.97 Å². The van der Waals surface area contributed by atoms with Crippen LogP contribution in [0, 0.1) is 0 Å². The van der Waals surface area contributed by atoms with Crippen molar-refractivity contribution in [3.05, 3.63) is 60.8 Å². The molecule has 0 saturated heterocycles. The smallest absolute Gasteiger partial charge is 0.305 e. The van der Waals surface area contributed by atoms with Crippen LogP contribution < -0.4 is 5.32 Å². The molecule has 0 aromatic carbocycles. The van der Waals surface area contributed by atoms with Gasteiger partial charge in [-0.2, -0.15) is 0 Å². The molecule has 444 valence electrons. The third kappa shape index (κ3) is 60.8. The van der Waals surface area contributed by atoms with Crippen molar-refractivity contribution >= 4 is 11.9 Å². The zero-order chi connectivity index (χ0) is 55.0. The van der Waals surface area contributed by atoms with Gasteiger partial charge in [0.15, 0.2) is 0 Å². The Bertz CT molecular complexity index is 1320. The molecule has 76 heavy (non-hydrogen) atoms. The van der Waals surface area contributed by atoms with E-state index in [1.54, 1.807) is 6.08 Å². The number of aliphatic hydroxyl groups excluding tert-OH is 2. The van der Waals surface area contributed by atoms with Crippen molar-refractivity contribution in [2.75, 3.05) is 13.2 Å². The molecule has 0 fully saturated rings. The highest BCUT2D eigenvalue weighted by Crippen LogP contribution is 2.18. The maximum absolute atomic E-state index is 12.5. The summed E-state index contributed by atoms with van der Waals surface area (Å²) < 4.78 is 5.41. The molecule has 0 aromatic heterocycles. The number of amides is 1. The van der Waals surface area contributed by atoms with E-state index >= 15 is 0 Å². The van der Waals surface area contributed by atoms with Crippen LogP contribution in [0.4, 0.5) is 0 Å². The predicted octanol–water partition coefficient (Wildman–Crippen LogP) is 21.5. The SMILES string of the molecule is CCCCC/C=C\C/C=C\CCCCCCCC(=O)OCC/C=C\C/C=C\CCCCCCCCCCCCCCCCC(=O)NC(CO)C(O)/C=C/CCCCCCCCCCCCCCCCCCCCCCC. The number of rotatable bonds is 62. The molecule has 1 amide bonds. The third-order valence-corrected chi connectivity index (χ3v) is 15.3. The molecule has 0 aliphatic rings. The number of carbonyl (C=O) groups excluding carboxylic acids is 2. The molecule has 0 aromatic rings. The van der Waals surface area contributed by atoms with E-state index in [0.29, 0.717) is 19.4 Å². The molecule has 0 rings (SSSR count). The molecule has 0 saturated carbocycles. The maximum Gasteiger partial charge on any atom is 0.305 e. The van der Waals surface area contributed by atoms with Gasteiger partial charge in [0.05, 0.1) is 25.4 Å². The number of nitrogens with one attached hydrogen (secondary N) is 1. The van der Waals surface area contributed by atoms with Gasteiger partial charge < -0.3 is 20.3 Å². The first-order chi connectivity index (χ1) is 37.5. The summed E-state index contributed by atoms with van der Waals surface area (Å²) in [5.41, 5.74) is 0. The Hall–Kier alpha value is -2.44. The number of hydrogen-bond donors (Lipinski definition) is 3. The second-order valence-corrected chi connectivity index (χ2v) is 22.8. The number of unbranched alkanes of at least 4 members (excludes halogenated alkanes) is 43. The first-order valence-electron chi connectivity index (χ1n) is 33.6. The third-order valence-electron chi connectivity index (χ3n) is 15.3. The highest BCUT2D eigenvalue weighted by molar-refractivity contribution is 5.76. The van der Waals surface area contributed by atoms with Crippen molar-refractivity contribution in [3.63, 3.8) is 0 Å². The summed E-state index contributed by atoms with van der Waals surface area (Å²) >= 11 is 0. The second-order valence-electron chi connectivity index (χ2n) is 22.8. The van der Waals surface area contributed by atoms with E-state index in [9.17, 15) is 19.8 Å². The van der Waals surface area contributed by atoms with E-state index in [-0.39, 0.29) is 18.5 Å². The van der Waals surface area contributed by atoms with Gasteiger partial charge in [-0.05, 0) is 83.5 Å². The number of hydrogen-bond acceptors (Lipinski definition) is 5. The summed E-state index contributed by atoms with van der Waals surface area (Å²) in [7, 11) is 0. The molecule has 2 unspecified atom stereocenters. The lowest BCUT2D eigenvalue weighted by Crippen LogP contribution is -2.45. The van der Waals surface area contributed by atoms with Crippen molar-refractivity contribution < 1.29 is 24.5 Å². The molecule has 0 heterocycles. The number of aliphatic hydroxyl groups is 2. The van der Waals surface area contributed by atoms with Crippen LogP contribution >= 0.6 is 0 Å². The first kappa shape index (κ1) is 73.6. The number of allylic oxidation sites excluding steroid dienone is 8. The van der Waals surface area contributed by atoms with Gasteiger partial charge in [0.25, 0.3) is 0 Å². The lowest BCUT2D eigenvalue weighted by atomic mass is 10.0. The van der Waals surface area contributed by atoms with Gasteiger partial charge in [0.2, 0.25) is 5.91 Å². The minimum atomic E-state index is -0.851. The molecular weight excluding hydrogens is 935 g/mol. The monoisotopic (exact) mass is 1060 g/mol. The lowest BCUT2D eigenvalue weighted by Gasteiger charge is -2.20. The van der Waals surface area contributed by atoms with Gasteiger partial charge in [-0.1, -0.05) is 312 Å². The van der Waals surface area contributed by atoms with Crippen LogP contribution in [0.5, 0.6) is 0 Å². The summed E-state index contributed by atoms with van der Waals surface area (Å²) in [5, 5.41) is 23.2. The first-order valence-corrected chi connectivity index (χ1v) is 33.6. The highest BCUT2D eigenvalue weighted by atomic mass is 16.5. The van der Waals surface area contributed by atoms with Crippen LogP contribution in [0.1, 0.15) is 348 Å².